The van der Waals surface area contributed by atoms with Crippen LogP contribution < -0.4 is 0 Å². The van der Waals surface area contributed by atoms with E-state index in [1.165, 1.54) is 24.3 Å². The van der Waals surface area contributed by atoms with Crippen molar-refractivity contribution in [2.75, 3.05) is 6.61 Å². The first-order chi connectivity index (χ1) is 7.69. The summed E-state index contributed by atoms with van der Waals surface area (Å²) in [5.74, 6) is 0. The molecule has 84 valence electrons. The van der Waals surface area contributed by atoms with Gasteiger partial charge in [-0.05, 0) is 17.5 Å². The second kappa shape index (κ2) is 5.69. The average molecular weight is 222 g/mol. The van der Waals surface area contributed by atoms with Crippen LogP contribution in [0.4, 0.5) is 5.69 Å². The smallest absolute Gasteiger partial charge is 0.269 e. The van der Waals surface area contributed by atoms with Crippen LogP contribution >= 0.6 is 0 Å². The molecule has 1 aromatic carbocycles. The van der Waals surface area contributed by atoms with Crippen molar-refractivity contribution in [3.05, 3.63) is 50.4 Å². The van der Waals surface area contributed by atoms with E-state index in [0.29, 0.717) is 12.0 Å². The second-order valence-electron chi connectivity index (χ2n) is 3.08. The number of aliphatic hydroxyl groups excluding tert-OH is 1. The fourth-order valence-corrected chi connectivity index (χ4v) is 1.29. The molecule has 7 heteroatoms. The van der Waals surface area contributed by atoms with Crippen LogP contribution in [0.25, 0.3) is 10.4 Å². The van der Waals surface area contributed by atoms with Gasteiger partial charge in [0.1, 0.15) is 0 Å². The van der Waals surface area contributed by atoms with Gasteiger partial charge in [0.05, 0.1) is 11.0 Å². The lowest BCUT2D eigenvalue weighted by molar-refractivity contribution is -0.384. The Morgan fingerprint density at radius 2 is 2.12 bits per heavy atom. The lowest BCUT2D eigenvalue weighted by Gasteiger charge is -2.08. The number of aliphatic hydroxyl groups is 1. The third-order valence-electron chi connectivity index (χ3n) is 2.08. The van der Waals surface area contributed by atoms with Crippen LogP contribution in [0.15, 0.2) is 29.4 Å². The summed E-state index contributed by atoms with van der Waals surface area (Å²) in [6.07, 6.45) is 0.294. The highest BCUT2D eigenvalue weighted by Gasteiger charge is 2.11. The molecule has 0 amide bonds. The van der Waals surface area contributed by atoms with Crippen LogP contribution in [0, 0.1) is 10.1 Å². The summed E-state index contributed by atoms with van der Waals surface area (Å²) in [7, 11) is 0. The van der Waals surface area contributed by atoms with Crippen molar-refractivity contribution >= 4 is 5.69 Å². The minimum absolute atomic E-state index is 0.0209. The molecule has 0 aromatic heterocycles. The van der Waals surface area contributed by atoms with Gasteiger partial charge in [0.25, 0.3) is 5.69 Å². The van der Waals surface area contributed by atoms with Crippen molar-refractivity contribution in [2.24, 2.45) is 5.11 Å². The lowest BCUT2D eigenvalue weighted by Crippen LogP contribution is -1.98. The minimum Gasteiger partial charge on any atom is -0.396 e. The first-order valence-corrected chi connectivity index (χ1v) is 4.58. The summed E-state index contributed by atoms with van der Waals surface area (Å²) >= 11 is 0. The molecule has 1 atom stereocenters. The highest BCUT2D eigenvalue weighted by atomic mass is 16.6. The van der Waals surface area contributed by atoms with Crippen LogP contribution in [0.3, 0.4) is 0 Å². The molecule has 0 radical (unpaired) electrons. The van der Waals surface area contributed by atoms with Crippen molar-refractivity contribution in [1.29, 1.82) is 0 Å². The molecule has 0 saturated carbocycles. The van der Waals surface area contributed by atoms with Gasteiger partial charge in [-0.3, -0.25) is 10.1 Å². The summed E-state index contributed by atoms with van der Waals surface area (Å²) in [5.41, 5.74) is 8.97. The van der Waals surface area contributed by atoms with Gasteiger partial charge < -0.3 is 5.11 Å². The van der Waals surface area contributed by atoms with E-state index in [0.717, 1.165) is 0 Å². The zero-order valence-corrected chi connectivity index (χ0v) is 8.35. The predicted octanol–water partition coefficient (Wildman–Crippen LogP) is 2.33. The lowest BCUT2D eigenvalue weighted by atomic mass is 10.0. The monoisotopic (exact) mass is 222 g/mol. The van der Waals surface area contributed by atoms with Crippen molar-refractivity contribution in [3.63, 3.8) is 0 Å². The molecule has 0 aliphatic rings. The van der Waals surface area contributed by atoms with Crippen LogP contribution in [-0.2, 0) is 0 Å². The highest BCUT2D eigenvalue weighted by Crippen LogP contribution is 2.23. The number of azide groups is 1. The molecule has 1 aromatic rings. The number of nitro groups is 1. The van der Waals surface area contributed by atoms with E-state index >= 15 is 0 Å². The first kappa shape index (κ1) is 12.0. The Hall–Kier alpha value is -2.11. The third kappa shape index (κ3) is 2.94. The van der Waals surface area contributed by atoms with Gasteiger partial charge >= 0.3 is 0 Å². The van der Waals surface area contributed by atoms with Crippen LogP contribution in [0.1, 0.15) is 18.0 Å². The van der Waals surface area contributed by atoms with E-state index in [1.54, 1.807) is 0 Å². The van der Waals surface area contributed by atoms with Gasteiger partial charge in [0.15, 0.2) is 0 Å². The van der Waals surface area contributed by atoms with Crippen LogP contribution in [-0.4, -0.2) is 16.6 Å². The largest absolute Gasteiger partial charge is 0.396 e. The first-order valence-electron chi connectivity index (χ1n) is 4.58. The zero-order valence-electron chi connectivity index (χ0n) is 8.35. The van der Waals surface area contributed by atoms with Crippen molar-refractivity contribution < 1.29 is 10.0 Å². The second-order valence-corrected chi connectivity index (χ2v) is 3.08. The summed E-state index contributed by atoms with van der Waals surface area (Å²) in [5, 5.41) is 22.7. The molecule has 0 bridgehead atoms. The van der Waals surface area contributed by atoms with E-state index < -0.39 is 11.0 Å². The van der Waals surface area contributed by atoms with Gasteiger partial charge in [-0.15, -0.1) is 0 Å². The van der Waals surface area contributed by atoms with Crippen LogP contribution in [0.5, 0.6) is 0 Å². The molecule has 1 N–H and O–H groups in total. The number of hydrogen-bond donors (Lipinski definition) is 1. The number of nitro benzene ring substituents is 1. The van der Waals surface area contributed by atoms with Crippen molar-refractivity contribution in [1.82, 2.24) is 0 Å². The molecular formula is C9H10N4O3. The Balaban J connectivity index is 2.93. The SMILES string of the molecule is [N-]=[N+]=NC(CCO)c1ccc([N+](=O)[O-])cc1. The van der Waals surface area contributed by atoms with E-state index in [2.05, 4.69) is 10.0 Å². The van der Waals surface area contributed by atoms with E-state index in [1.807, 2.05) is 0 Å². The van der Waals surface area contributed by atoms with Gasteiger partial charge in [-0.2, -0.15) is 0 Å². The maximum absolute atomic E-state index is 10.4. The molecular weight excluding hydrogens is 212 g/mol. The Labute approximate surface area is 91.1 Å². The Morgan fingerprint density at radius 1 is 1.50 bits per heavy atom. The topological polar surface area (TPSA) is 112 Å². The summed E-state index contributed by atoms with van der Waals surface area (Å²) < 4.78 is 0. The molecule has 0 spiro atoms. The average Bonchev–Trinajstić information content (AvgIpc) is 2.29. The molecule has 0 heterocycles. The highest BCUT2D eigenvalue weighted by molar-refractivity contribution is 5.34. The quantitative estimate of drug-likeness (QED) is 0.271. The number of hydrogen-bond acceptors (Lipinski definition) is 4. The standard InChI is InChI=1S/C9H10N4O3/c10-12-11-9(5-6-14)7-1-3-8(4-2-7)13(15)16/h1-4,9,14H,5-6H2. The number of non-ortho nitro benzene ring substituents is 1. The summed E-state index contributed by atoms with van der Waals surface area (Å²) in [4.78, 5) is 12.6. The maximum Gasteiger partial charge on any atom is 0.269 e. The van der Waals surface area contributed by atoms with Gasteiger partial charge in [-0.25, -0.2) is 0 Å². The number of benzene rings is 1. The Kier molecular flexibility index (Phi) is 4.26. The van der Waals surface area contributed by atoms with Gasteiger partial charge in [0, 0.05) is 23.7 Å². The predicted molar refractivity (Wildman–Crippen MR) is 56.7 cm³/mol. The normalized spacial score (nSPS) is 11.6. The number of nitrogens with zero attached hydrogens (tertiary/aromatic N) is 4. The molecule has 0 saturated heterocycles. The molecule has 0 aliphatic carbocycles. The van der Waals surface area contributed by atoms with Gasteiger partial charge in [-0.1, -0.05) is 17.2 Å². The zero-order chi connectivity index (χ0) is 12.0. The Bertz CT molecular complexity index is 411. The third-order valence-corrected chi connectivity index (χ3v) is 2.08. The fraction of sp³-hybridized carbons (Fsp3) is 0.333. The molecule has 1 unspecified atom stereocenters. The van der Waals surface area contributed by atoms with E-state index in [9.17, 15) is 10.1 Å². The fourth-order valence-electron chi connectivity index (χ4n) is 1.29. The van der Waals surface area contributed by atoms with Crippen LogP contribution in [0.2, 0.25) is 0 Å². The molecule has 1 rings (SSSR count). The molecule has 7 nitrogen and oxygen atoms in total. The summed E-state index contributed by atoms with van der Waals surface area (Å²) in [6, 6.07) is 5.23. The number of rotatable bonds is 5. The van der Waals surface area contributed by atoms with Crippen molar-refractivity contribution in [3.8, 4) is 0 Å². The van der Waals surface area contributed by atoms with Crippen molar-refractivity contribution in [2.45, 2.75) is 12.5 Å². The van der Waals surface area contributed by atoms with E-state index in [-0.39, 0.29) is 12.3 Å². The molecule has 0 fully saturated rings. The minimum atomic E-state index is -0.502. The summed E-state index contributed by atoms with van der Waals surface area (Å²) in [6.45, 7) is -0.110. The van der Waals surface area contributed by atoms with E-state index in [4.69, 9.17) is 10.6 Å². The molecule has 16 heavy (non-hydrogen) atoms. The van der Waals surface area contributed by atoms with Gasteiger partial charge in [0.2, 0.25) is 0 Å². The molecule has 0 aliphatic heterocycles. The Morgan fingerprint density at radius 3 is 2.56 bits per heavy atom. The maximum atomic E-state index is 10.4.